The summed E-state index contributed by atoms with van der Waals surface area (Å²) in [6.45, 7) is 13.3. The predicted molar refractivity (Wildman–Crippen MR) is 104 cm³/mol. The smallest absolute Gasteiger partial charge is 0.130 e. The lowest BCUT2D eigenvalue weighted by Crippen LogP contribution is -2.20. The number of hydrogen-bond donors (Lipinski definition) is 2. The summed E-state index contributed by atoms with van der Waals surface area (Å²) in [4.78, 5) is 6.29. The maximum atomic E-state index is 5.43. The molecule has 3 N–H and O–H groups in total. The summed E-state index contributed by atoms with van der Waals surface area (Å²) in [6, 6.07) is 3.82. The van der Waals surface area contributed by atoms with E-state index in [1.165, 1.54) is 37.8 Å². The minimum atomic E-state index is 0.419. The number of anilines is 1. The Balaban J connectivity index is 0.000000243. The molecule has 132 valence electrons. The zero-order valence-corrected chi connectivity index (χ0v) is 15.4. The molecule has 4 nitrogen and oxygen atoms in total. The summed E-state index contributed by atoms with van der Waals surface area (Å²) in [5.41, 5.74) is 8.87. The van der Waals surface area contributed by atoms with Gasteiger partial charge in [-0.15, -0.1) is 0 Å². The largest absolute Gasteiger partial charge is 0.398 e. The number of nitrogens with one attached hydrogen (secondary N) is 1. The van der Waals surface area contributed by atoms with Crippen molar-refractivity contribution in [1.29, 1.82) is 0 Å². The van der Waals surface area contributed by atoms with Crippen LogP contribution in [-0.4, -0.2) is 24.0 Å². The number of allylic oxidation sites excluding steroid dienone is 1. The lowest BCUT2D eigenvalue weighted by atomic mass is 9.87. The van der Waals surface area contributed by atoms with Gasteiger partial charge in [0.15, 0.2) is 0 Å². The Hall–Kier alpha value is -2.23. The Morgan fingerprint density at radius 1 is 1.17 bits per heavy atom. The van der Waals surface area contributed by atoms with Gasteiger partial charge in [0.25, 0.3) is 0 Å². The molecule has 0 amide bonds. The molecular formula is C20H32N4. The van der Waals surface area contributed by atoms with Crippen molar-refractivity contribution in [3.63, 3.8) is 0 Å². The first-order chi connectivity index (χ1) is 11.3. The third-order valence-corrected chi connectivity index (χ3v) is 4.23. The predicted octanol–water partition coefficient (Wildman–Crippen LogP) is 4.43. The van der Waals surface area contributed by atoms with Crippen molar-refractivity contribution in [2.75, 3.05) is 19.4 Å². The van der Waals surface area contributed by atoms with Crippen molar-refractivity contribution < 1.29 is 0 Å². The standard InChI is InChI=1S/C10H13N3.C10H19N/c1-7-4-5-10(12-6-7)13-9(3)8(2)11;1-9(11(2)3)10-7-5-4-6-8-10/h4-6H,2-3,11H2,1H3,(H,12,13);10H,1,4-8H2,2-3H3. The molecule has 0 aromatic carbocycles. The Bertz CT molecular complexity index is 552. The van der Waals surface area contributed by atoms with Gasteiger partial charge in [-0.2, -0.15) is 0 Å². The molecule has 4 heteroatoms. The van der Waals surface area contributed by atoms with Crippen LogP contribution in [0.1, 0.15) is 37.7 Å². The number of hydrogen-bond acceptors (Lipinski definition) is 4. The van der Waals surface area contributed by atoms with Crippen LogP contribution in [0.15, 0.2) is 55.2 Å². The molecule has 1 aliphatic carbocycles. The van der Waals surface area contributed by atoms with Crippen molar-refractivity contribution in [2.45, 2.75) is 39.0 Å². The van der Waals surface area contributed by atoms with Crippen LogP contribution in [0.2, 0.25) is 0 Å². The van der Waals surface area contributed by atoms with Crippen molar-refractivity contribution in [2.24, 2.45) is 11.7 Å². The number of aromatic nitrogens is 1. The highest BCUT2D eigenvalue weighted by atomic mass is 15.1. The highest BCUT2D eigenvalue weighted by molar-refractivity contribution is 5.46. The van der Waals surface area contributed by atoms with Crippen LogP contribution in [0.3, 0.4) is 0 Å². The van der Waals surface area contributed by atoms with Crippen LogP contribution in [0.4, 0.5) is 5.82 Å². The van der Waals surface area contributed by atoms with Crippen LogP contribution in [0.5, 0.6) is 0 Å². The normalized spacial score (nSPS) is 14.1. The van der Waals surface area contributed by atoms with E-state index in [1.807, 2.05) is 19.1 Å². The van der Waals surface area contributed by atoms with E-state index in [0.29, 0.717) is 11.4 Å². The molecule has 0 bridgehead atoms. The Labute approximate surface area is 147 Å². The molecule has 0 saturated heterocycles. The van der Waals surface area contributed by atoms with E-state index >= 15 is 0 Å². The lowest BCUT2D eigenvalue weighted by molar-refractivity contribution is 0.333. The molecule has 1 aromatic heterocycles. The molecule has 1 saturated carbocycles. The van der Waals surface area contributed by atoms with Gasteiger partial charge in [0.2, 0.25) is 0 Å². The molecule has 0 atom stereocenters. The van der Waals surface area contributed by atoms with Gasteiger partial charge < -0.3 is 16.0 Å². The summed E-state index contributed by atoms with van der Waals surface area (Å²) in [6.07, 6.45) is 8.72. The topological polar surface area (TPSA) is 54.2 Å². The second-order valence-corrected chi connectivity index (χ2v) is 6.57. The van der Waals surface area contributed by atoms with Crippen molar-refractivity contribution in [3.05, 3.63) is 60.7 Å². The second-order valence-electron chi connectivity index (χ2n) is 6.57. The zero-order chi connectivity index (χ0) is 18.1. The number of pyridine rings is 1. The molecule has 1 aromatic rings. The SMILES string of the molecule is C=C(C1CCCCC1)N(C)C.C=C(N)C(=C)Nc1ccc(C)cn1. The molecule has 2 rings (SSSR count). The third kappa shape index (κ3) is 6.90. The van der Waals surface area contributed by atoms with Gasteiger partial charge in [-0.3, -0.25) is 0 Å². The maximum absolute atomic E-state index is 5.43. The number of nitrogens with two attached hydrogens (primary N) is 1. The van der Waals surface area contributed by atoms with E-state index < -0.39 is 0 Å². The summed E-state index contributed by atoms with van der Waals surface area (Å²) >= 11 is 0. The molecular weight excluding hydrogens is 296 g/mol. The monoisotopic (exact) mass is 328 g/mol. The number of rotatable bonds is 5. The summed E-state index contributed by atoms with van der Waals surface area (Å²) in [5.74, 6) is 1.50. The van der Waals surface area contributed by atoms with Crippen LogP contribution in [0, 0.1) is 12.8 Å². The first kappa shape index (κ1) is 19.8. The van der Waals surface area contributed by atoms with Crippen LogP contribution in [-0.2, 0) is 0 Å². The molecule has 0 unspecified atom stereocenters. The minimum absolute atomic E-state index is 0.419. The second kappa shape index (κ2) is 9.81. The average molecular weight is 329 g/mol. The van der Waals surface area contributed by atoms with Crippen molar-refractivity contribution >= 4 is 5.82 Å². The van der Waals surface area contributed by atoms with E-state index in [0.717, 1.165) is 17.3 Å². The quantitative estimate of drug-likeness (QED) is 0.785. The van der Waals surface area contributed by atoms with E-state index in [4.69, 9.17) is 5.73 Å². The van der Waals surface area contributed by atoms with E-state index in [-0.39, 0.29) is 0 Å². The highest BCUT2D eigenvalue weighted by Crippen LogP contribution is 2.29. The van der Waals surface area contributed by atoms with E-state index in [9.17, 15) is 0 Å². The van der Waals surface area contributed by atoms with Gasteiger partial charge in [-0.25, -0.2) is 4.98 Å². The van der Waals surface area contributed by atoms with Crippen LogP contribution in [0.25, 0.3) is 0 Å². The van der Waals surface area contributed by atoms with Crippen LogP contribution >= 0.6 is 0 Å². The van der Waals surface area contributed by atoms with Crippen molar-refractivity contribution in [3.8, 4) is 0 Å². The van der Waals surface area contributed by atoms with E-state index in [1.54, 1.807) is 6.20 Å². The van der Waals surface area contributed by atoms with Gasteiger partial charge in [0.1, 0.15) is 5.82 Å². The lowest BCUT2D eigenvalue weighted by Gasteiger charge is -2.28. The molecule has 1 fully saturated rings. The minimum Gasteiger partial charge on any atom is -0.398 e. The fraction of sp³-hybridized carbons (Fsp3) is 0.450. The number of nitrogens with zero attached hydrogens (tertiary/aromatic N) is 2. The molecule has 1 aliphatic rings. The summed E-state index contributed by atoms with van der Waals surface area (Å²) < 4.78 is 0. The van der Waals surface area contributed by atoms with Gasteiger partial charge in [0, 0.05) is 31.7 Å². The zero-order valence-electron chi connectivity index (χ0n) is 15.4. The molecule has 0 aliphatic heterocycles. The van der Waals surface area contributed by atoms with Gasteiger partial charge >= 0.3 is 0 Å². The molecule has 1 heterocycles. The summed E-state index contributed by atoms with van der Waals surface area (Å²) in [7, 11) is 4.19. The Morgan fingerprint density at radius 3 is 2.25 bits per heavy atom. The fourth-order valence-electron chi connectivity index (χ4n) is 2.58. The van der Waals surface area contributed by atoms with Gasteiger partial charge in [-0.1, -0.05) is 45.1 Å². The fourth-order valence-corrected chi connectivity index (χ4v) is 2.58. The summed E-state index contributed by atoms with van der Waals surface area (Å²) in [5, 5.41) is 2.94. The van der Waals surface area contributed by atoms with Gasteiger partial charge in [0.05, 0.1) is 5.70 Å². The average Bonchev–Trinajstić information content (AvgIpc) is 2.57. The first-order valence-electron chi connectivity index (χ1n) is 8.50. The Kier molecular flexibility index (Phi) is 8.10. The Morgan fingerprint density at radius 2 is 1.79 bits per heavy atom. The van der Waals surface area contributed by atoms with Crippen molar-refractivity contribution in [1.82, 2.24) is 9.88 Å². The van der Waals surface area contributed by atoms with E-state index in [2.05, 4.69) is 49.0 Å². The maximum Gasteiger partial charge on any atom is 0.130 e. The number of aryl methyl sites for hydroxylation is 1. The van der Waals surface area contributed by atoms with Crippen LogP contribution < -0.4 is 11.1 Å². The third-order valence-electron chi connectivity index (χ3n) is 4.23. The first-order valence-corrected chi connectivity index (χ1v) is 8.50. The molecule has 0 radical (unpaired) electrons. The molecule has 24 heavy (non-hydrogen) atoms. The highest BCUT2D eigenvalue weighted by Gasteiger charge is 2.16. The van der Waals surface area contributed by atoms with Gasteiger partial charge in [-0.05, 0) is 37.3 Å². The molecule has 0 spiro atoms.